The Labute approximate surface area is 147 Å². The number of hydrogen-bond donors (Lipinski definition) is 0. The van der Waals surface area contributed by atoms with Crippen LogP contribution in [-0.4, -0.2) is 47.9 Å². The van der Waals surface area contributed by atoms with Crippen LogP contribution in [0, 0.1) is 6.92 Å². The van der Waals surface area contributed by atoms with Crippen molar-refractivity contribution >= 4 is 15.7 Å². The lowest BCUT2D eigenvalue weighted by molar-refractivity contribution is 0.329. The fourth-order valence-corrected chi connectivity index (χ4v) is 3.70. The van der Waals surface area contributed by atoms with E-state index in [1.54, 1.807) is 6.92 Å². The number of aryl methyl sites for hydroxylation is 1. The van der Waals surface area contributed by atoms with Crippen molar-refractivity contribution in [1.29, 1.82) is 0 Å². The predicted molar refractivity (Wildman–Crippen MR) is 92.5 cm³/mol. The molecule has 1 saturated heterocycles. The highest BCUT2D eigenvalue weighted by molar-refractivity contribution is 7.90. The van der Waals surface area contributed by atoms with Crippen molar-refractivity contribution in [2.45, 2.75) is 50.3 Å². The van der Waals surface area contributed by atoms with Gasteiger partial charge in [-0.2, -0.15) is 4.98 Å². The van der Waals surface area contributed by atoms with Crippen LogP contribution in [0.5, 0.6) is 0 Å². The second kappa shape index (κ2) is 6.70. The number of sulfone groups is 1. The third-order valence-electron chi connectivity index (χ3n) is 4.30. The van der Waals surface area contributed by atoms with Crippen LogP contribution < -0.4 is 4.90 Å². The van der Waals surface area contributed by atoms with Crippen LogP contribution in [-0.2, 0) is 9.84 Å². The minimum absolute atomic E-state index is 0.0661. The molecule has 1 atom stereocenters. The van der Waals surface area contributed by atoms with Gasteiger partial charge in [-0.05, 0) is 19.8 Å². The average molecular weight is 365 g/mol. The fourth-order valence-electron chi connectivity index (χ4n) is 2.95. The van der Waals surface area contributed by atoms with Crippen molar-refractivity contribution in [3.63, 3.8) is 0 Å². The number of aromatic nitrogens is 4. The molecule has 1 unspecified atom stereocenters. The molecule has 0 N–H and O–H groups in total. The molecule has 8 nitrogen and oxygen atoms in total. The van der Waals surface area contributed by atoms with Gasteiger partial charge in [-0.3, -0.25) is 0 Å². The number of piperidine rings is 1. The van der Waals surface area contributed by atoms with Crippen molar-refractivity contribution in [1.82, 2.24) is 20.1 Å². The van der Waals surface area contributed by atoms with Gasteiger partial charge in [0.2, 0.25) is 5.89 Å². The highest BCUT2D eigenvalue weighted by Gasteiger charge is 2.30. The zero-order valence-electron chi connectivity index (χ0n) is 14.9. The Balaban J connectivity index is 1.90. The van der Waals surface area contributed by atoms with E-state index >= 15 is 0 Å². The van der Waals surface area contributed by atoms with E-state index < -0.39 is 9.84 Å². The molecule has 2 aromatic heterocycles. The summed E-state index contributed by atoms with van der Waals surface area (Å²) in [5.74, 6) is 2.59. The molecule has 0 spiro atoms. The van der Waals surface area contributed by atoms with Gasteiger partial charge in [0.1, 0.15) is 10.7 Å². The van der Waals surface area contributed by atoms with Crippen molar-refractivity contribution in [2.24, 2.45) is 0 Å². The van der Waals surface area contributed by atoms with E-state index in [4.69, 9.17) is 4.52 Å². The standard InChI is InChI=1S/C16H23N5O3S/c1-10(2)14-19-16(24-20-14)12-6-5-7-21(9-12)15-13(25(4,22)23)8-17-11(3)18-15/h8,10,12H,5-7,9H2,1-4H3. The molecule has 0 aliphatic carbocycles. The van der Waals surface area contributed by atoms with Gasteiger partial charge in [-0.25, -0.2) is 18.4 Å². The number of nitrogens with zero attached hydrogens (tertiary/aromatic N) is 5. The van der Waals surface area contributed by atoms with Gasteiger partial charge in [-0.15, -0.1) is 0 Å². The largest absolute Gasteiger partial charge is 0.355 e. The molecule has 25 heavy (non-hydrogen) atoms. The Hall–Kier alpha value is -2.03. The van der Waals surface area contributed by atoms with Crippen molar-refractivity contribution in [3.8, 4) is 0 Å². The monoisotopic (exact) mass is 365 g/mol. The molecular formula is C16H23N5O3S. The molecule has 136 valence electrons. The first kappa shape index (κ1) is 17.8. The highest BCUT2D eigenvalue weighted by atomic mass is 32.2. The molecule has 0 amide bonds. The summed E-state index contributed by atoms with van der Waals surface area (Å²) in [7, 11) is -3.41. The molecule has 1 aliphatic heterocycles. The van der Waals surface area contributed by atoms with Gasteiger partial charge in [-0.1, -0.05) is 19.0 Å². The van der Waals surface area contributed by atoms with Crippen LogP contribution in [0.2, 0.25) is 0 Å². The Bertz CT molecular complexity index is 862. The van der Waals surface area contributed by atoms with Gasteiger partial charge in [0, 0.05) is 25.3 Å². The van der Waals surface area contributed by atoms with E-state index in [0.717, 1.165) is 19.4 Å². The molecule has 2 aromatic rings. The average Bonchev–Trinajstić information content (AvgIpc) is 3.04. The maximum Gasteiger partial charge on any atom is 0.231 e. The quantitative estimate of drug-likeness (QED) is 0.811. The van der Waals surface area contributed by atoms with Gasteiger partial charge >= 0.3 is 0 Å². The smallest absolute Gasteiger partial charge is 0.231 e. The Morgan fingerprint density at radius 1 is 1.32 bits per heavy atom. The van der Waals surface area contributed by atoms with Crippen LogP contribution in [0.25, 0.3) is 0 Å². The summed E-state index contributed by atoms with van der Waals surface area (Å²) < 4.78 is 29.6. The van der Waals surface area contributed by atoms with E-state index in [9.17, 15) is 8.42 Å². The summed E-state index contributed by atoms with van der Waals surface area (Å²) >= 11 is 0. The Morgan fingerprint density at radius 2 is 2.08 bits per heavy atom. The zero-order valence-corrected chi connectivity index (χ0v) is 15.7. The first-order valence-electron chi connectivity index (χ1n) is 8.38. The topological polar surface area (TPSA) is 102 Å². The molecule has 3 rings (SSSR count). The number of anilines is 1. The van der Waals surface area contributed by atoms with Gasteiger partial charge in [0.15, 0.2) is 21.5 Å². The van der Waals surface area contributed by atoms with Crippen LogP contribution in [0.15, 0.2) is 15.6 Å². The summed E-state index contributed by atoms with van der Waals surface area (Å²) in [6.45, 7) is 7.12. The summed E-state index contributed by atoms with van der Waals surface area (Å²) in [5.41, 5.74) is 0. The molecule has 9 heteroatoms. The third kappa shape index (κ3) is 3.81. The molecule has 0 bridgehead atoms. The molecule has 0 radical (unpaired) electrons. The third-order valence-corrected chi connectivity index (χ3v) is 5.39. The maximum atomic E-state index is 12.1. The summed E-state index contributed by atoms with van der Waals surface area (Å²) in [6.07, 6.45) is 4.39. The predicted octanol–water partition coefficient (Wildman–Crippen LogP) is 2.08. The summed E-state index contributed by atoms with van der Waals surface area (Å²) in [6, 6.07) is 0. The molecular weight excluding hydrogens is 342 g/mol. The highest BCUT2D eigenvalue weighted by Crippen LogP contribution is 2.31. The lowest BCUT2D eigenvalue weighted by atomic mass is 9.98. The molecule has 3 heterocycles. The zero-order chi connectivity index (χ0) is 18.2. The van der Waals surface area contributed by atoms with E-state index in [2.05, 4.69) is 20.1 Å². The lowest BCUT2D eigenvalue weighted by Gasteiger charge is -2.32. The van der Waals surface area contributed by atoms with E-state index in [1.807, 2.05) is 18.7 Å². The number of rotatable bonds is 4. The van der Waals surface area contributed by atoms with Crippen molar-refractivity contribution in [2.75, 3.05) is 24.2 Å². The minimum Gasteiger partial charge on any atom is -0.355 e. The molecule has 0 saturated carbocycles. The SMILES string of the molecule is Cc1ncc(S(C)(=O)=O)c(N2CCCC(c3nc(C(C)C)no3)C2)n1. The normalized spacial score (nSPS) is 18.8. The van der Waals surface area contributed by atoms with Crippen LogP contribution in [0.4, 0.5) is 5.82 Å². The van der Waals surface area contributed by atoms with Crippen LogP contribution >= 0.6 is 0 Å². The Morgan fingerprint density at radius 3 is 2.72 bits per heavy atom. The van der Waals surface area contributed by atoms with E-state index in [1.165, 1.54) is 12.5 Å². The minimum atomic E-state index is -3.41. The van der Waals surface area contributed by atoms with E-state index in [0.29, 0.717) is 29.9 Å². The fraction of sp³-hybridized carbons (Fsp3) is 0.625. The maximum absolute atomic E-state index is 12.1. The van der Waals surface area contributed by atoms with Crippen molar-refractivity contribution < 1.29 is 12.9 Å². The summed E-state index contributed by atoms with van der Waals surface area (Å²) in [4.78, 5) is 15.1. The molecule has 0 aromatic carbocycles. The van der Waals surface area contributed by atoms with Crippen LogP contribution in [0.1, 0.15) is 56.1 Å². The van der Waals surface area contributed by atoms with Gasteiger partial charge in [0.05, 0.1) is 12.1 Å². The second-order valence-electron chi connectivity index (χ2n) is 6.81. The first-order valence-corrected chi connectivity index (χ1v) is 10.3. The lowest BCUT2D eigenvalue weighted by Crippen LogP contribution is -2.36. The van der Waals surface area contributed by atoms with Gasteiger partial charge < -0.3 is 9.42 Å². The second-order valence-corrected chi connectivity index (χ2v) is 8.79. The molecule has 1 fully saturated rings. The van der Waals surface area contributed by atoms with Crippen molar-refractivity contribution in [3.05, 3.63) is 23.7 Å². The Kier molecular flexibility index (Phi) is 4.77. The summed E-state index contributed by atoms with van der Waals surface area (Å²) in [5, 5.41) is 4.03. The van der Waals surface area contributed by atoms with E-state index in [-0.39, 0.29) is 16.7 Å². The number of hydrogen-bond acceptors (Lipinski definition) is 8. The molecule has 1 aliphatic rings. The first-order chi connectivity index (χ1) is 11.8. The van der Waals surface area contributed by atoms with Crippen LogP contribution in [0.3, 0.4) is 0 Å². The van der Waals surface area contributed by atoms with Gasteiger partial charge in [0.25, 0.3) is 0 Å².